The summed E-state index contributed by atoms with van der Waals surface area (Å²) in [5, 5.41) is 10.0. The number of thiophene rings is 1. The molecule has 0 radical (unpaired) electrons. The summed E-state index contributed by atoms with van der Waals surface area (Å²) < 4.78 is 0. The topological polar surface area (TPSA) is 40.5 Å². The molecular formula is C13H19NO2S. The molecule has 0 saturated carbocycles. The van der Waals surface area contributed by atoms with E-state index in [0.29, 0.717) is 10.3 Å². The second-order valence-electron chi connectivity index (χ2n) is 4.82. The Kier molecular flexibility index (Phi) is 3.43. The molecule has 1 aromatic rings. The predicted molar refractivity (Wildman–Crippen MR) is 71.1 cm³/mol. The van der Waals surface area contributed by atoms with E-state index in [1.54, 1.807) is 6.07 Å². The van der Waals surface area contributed by atoms with Crippen molar-refractivity contribution in [3.05, 3.63) is 17.0 Å². The summed E-state index contributed by atoms with van der Waals surface area (Å²) in [4.78, 5) is 13.6. The third kappa shape index (κ3) is 2.32. The zero-order valence-electron chi connectivity index (χ0n) is 10.4. The van der Waals surface area contributed by atoms with Gasteiger partial charge < -0.3 is 10.0 Å². The van der Waals surface area contributed by atoms with E-state index in [4.69, 9.17) is 5.11 Å². The van der Waals surface area contributed by atoms with Gasteiger partial charge in [-0.25, -0.2) is 4.79 Å². The van der Waals surface area contributed by atoms with Gasteiger partial charge in [0.2, 0.25) is 0 Å². The maximum Gasteiger partial charge on any atom is 0.345 e. The monoisotopic (exact) mass is 253 g/mol. The Labute approximate surface area is 106 Å². The lowest BCUT2D eigenvalue weighted by atomic mass is 9.82. The molecule has 0 unspecified atom stereocenters. The van der Waals surface area contributed by atoms with Crippen LogP contribution < -0.4 is 4.90 Å². The number of aromatic carboxylic acids is 1. The van der Waals surface area contributed by atoms with E-state index in [-0.39, 0.29) is 0 Å². The molecule has 3 nitrogen and oxygen atoms in total. The second kappa shape index (κ2) is 4.69. The molecule has 4 heteroatoms. The van der Waals surface area contributed by atoms with Crippen LogP contribution in [0.15, 0.2) is 12.1 Å². The SMILES string of the molecule is CCC1(CC)CCN(c2ccc(C(=O)O)s2)C1. The molecule has 0 bridgehead atoms. The van der Waals surface area contributed by atoms with Crippen LogP contribution in [0.5, 0.6) is 0 Å². The van der Waals surface area contributed by atoms with Gasteiger partial charge in [0, 0.05) is 13.1 Å². The van der Waals surface area contributed by atoms with Crippen LogP contribution in [0.4, 0.5) is 5.00 Å². The van der Waals surface area contributed by atoms with Crippen molar-refractivity contribution in [2.24, 2.45) is 5.41 Å². The minimum Gasteiger partial charge on any atom is -0.477 e. The van der Waals surface area contributed by atoms with Crippen LogP contribution in [0.2, 0.25) is 0 Å². The summed E-state index contributed by atoms with van der Waals surface area (Å²) in [5.41, 5.74) is 0.438. The molecule has 1 aromatic heterocycles. The van der Waals surface area contributed by atoms with Gasteiger partial charge in [-0.2, -0.15) is 0 Å². The van der Waals surface area contributed by atoms with Crippen molar-refractivity contribution in [2.45, 2.75) is 33.1 Å². The van der Waals surface area contributed by atoms with E-state index in [1.165, 1.54) is 30.6 Å². The average Bonchev–Trinajstić information content (AvgIpc) is 2.96. The second-order valence-corrected chi connectivity index (χ2v) is 5.88. The largest absolute Gasteiger partial charge is 0.477 e. The summed E-state index contributed by atoms with van der Waals surface area (Å²) in [6, 6.07) is 3.65. The fourth-order valence-corrected chi connectivity index (χ4v) is 3.43. The molecule has 0 aliphatic carbocycles. The van der Waals surface area contributed by atoms with Crippen molar-refractivity contribution in [2.75, 3.05) is 18.0 Å². The third-order valence-corrected chi connectivity index (χ3v) is 5.19. The average molecular weight is 253 g/mol. The molecule has 0 atom stereocenters. The summed E-state index contributed by atoms with van der Waals surface area (Å²) in [6.45, 7) is 6.63. The molecule has 0 amide bonds. The Morgan fingerprint density at radius 3 is 2.65 bits per heavy atom. The molecule has 1 saturated heterocycles. The number of rotatable bonds is 4. The number of carboxylic acids is 1. The molecule has 2 rings (SSSR count). The van der Waals surface area contributed by atoms with Gasteiger partial charge in [0.15, 0.2) is 0 Å². The zero-order chi connectivity index (χ0) is 12.5. The zero-order valence-corrected chi connectivity index (χ0v) is 11.2. The number of anilines is 1. The predicted octanol–water partition coefficient (Wildman–Crippen LogP) is 3.46. The van der Waals surface area contributed by atoms with Crippen molar-refractivity contribution in [3.8, 4) is 0 Å². The molecule has 0 spiro atoms. The van der Waals surface area contributed by atoms with Gasteiger partial charge in [-0.15, -0.1) is 11.3 Å². The van der Waals surface area contributed by atoms with Gasteiger partial charge >= 0.3 is 5.97 Å². The maximum atomic E-state index is 10.9. The molecule has 94 valence electrons. The van der Waals surface area contributed by atoms with Crippen LogP contribution in [0.1, 0.15) is 42.8 Å². The number of nitrogens with zero attached hydrogens (tertiary/aromatic N) is 1. The van der Waals surface area contributed by atoms with Crippen molar-refractivity contribution in [1.29, 1.82) is 0 Å². The molecule has 1 aliphatic heterocycles. The Morgan fingerprint density at radius 2 is 2.18 bits per heavy atom. The normalized spacial score (nSPS) is 18.6. The van der Waals surface area contributed by atoms with E-state index < -0.39 is 5.97 Å². The van der Waals surface area contributed by atoms with Crippen molar-refractivity contribution in [3.63, 3.8) is 0 Å². The highest BCUT2D eigenvalue weighted by Gasteiger charge is 2.35. The molecule has 17 heavy (non-hydrogen) atoms. The third-order valence-electron chi connectivity index (χ3n) is 4.05. The lowest BCUT2D eigenvalue weighted by molar-refractivity contribution is 0.0702. The molecule has 1 aliphatic rings. The van der Waals surface area contributed by atoms with Gasteiger partial charge in [0.1, 0.15) is 4.88 Å². The highest BCUT2D eigenvalue weighted by atomic mass is 32.1. The first-order chi connectivity index (χ1) is 8.10. The molecule has 1 N–H and O–H groups in total. The summed E-state index contributed by atoms with van der Waals surface area (Å²) in [5.74, 6) is -0.822. The van der Waals surface area contributed by atoms with Crippen molar-refractivity contribution in [1.82, 2.24) is 0 Å². The van der Waals surface area contributed by atoms with E-state index in [0.717, 1.165) is 18.1 Å². The molecule has 1 fully saturated rings. The summed E-state index contributed by atoms with van der Waals surface area (Å²) in [6.07, 6.45) is 3.63. The highest BCUT2D eigenvalue weighted by molar-refractivity contribution is 7.17. The Morgan fingerprint density at radius 1 is 1.47 bits per heavy atom. The lowest BCUT2D eigenvalue weighted by Crippen LogP contribution is -2.25. The number of carbonyl (C=O) groups is 1. The van der Waals surface area contributed by atoms with E-state index >= 15 is 0 Å². The van der Waals surface area contributed by atoms with Crippen LogP contribution in [-0.4, -0.2) is 24.2 Å². The minimum absolute atomic E-state index is 0.436. The van der Waals surface area contributed by atoms with Gasteiger partial charge in [-0.05, 0) is 36.8 Å². The fourth-order valence-electron chi connectivity index (χ4n) is 2.56. The van der Waals surface area contributed by atoms with E-state index in [9.17, 15) is 4.79 Å². The smallest absolute Gasteiger partial charge is 0.345 e. The van der Waals surface area contributed by atoms with E-state index in [2.05, 4.69) is 18.7 Å². The van der Waals surface area contributed by atoms with Crippen molar-refractivity contribution < 1.29 is 9.90 Å². The highest BCUT2D eigenvalue weighted by Crippen LogP contribution is 2.40. The molecule has 2 heterocycles. The van der Waals surface area contributed by atoms with Crippen LogP contribution >= 0.6 is 11.3 Å². The van der Waals surface area contributed by atoms with Crippen LogP contribution in [0.25, 0.3) is 0 Å². The number of hydrogen-bond acceptors (Lipinski definition) is 3. The van der Waals surface area contributed by atoms with E-state index in [1.807, 2.05) is 6.07 Å². The standard InChI is InChI=1S/C13H19NO2S/c1-3-13(4-2)7-8-14(9-13)11-6-5-10(17-11)12(15)16/h5-6H,3-4,7-9H2,1-2H3,(H,15,16). The van der Waals surface area contributed by atoms with Gasteiger partial charge in [-0.3, -0.25) is 0 Å². The van der Waals surface area contributed by atoms with Gasteiger partial charge in [0.25, 0.3) is 0 Å². The quantitative estimate of drug-likeness (QED) is 0.893. The Hall–Kier alpha value is -1.03. The summed E-state index contributed by atoms with van der Waals surface area (Å²) in [7, 11) is 0. The minimum atomic E-state index is -0.822. The van der Waals surface area contributed by atoms with Crippen molar-refractivity contribution >= 4 is 22.3 Å². The maximum absolute atomic E-state index is 10.9. The Bertz CT molecular complexity index is 409. The fraction of sp³-hybridized carbons (Fsp3) is 0.615. The van der Waals surface area contributed by atoms with Crippen LogP contribution in [0, 0.1) is 5.41 Å². The van der Waals surface area contributed by atoms with Crippen LogP contribution in [0.3, 0.4) is 0 Å². The van der Waals surface area contributed by atoms with Crippen LogP contribution in [-0.2, 0) is 0 Å². The van der Waals surface area contributed by atoms with Gasteiger partial charge in [-0.1, -0.05) is 13.8 Å². The lowest BCUT2D eigenvalue weighted by Gasteiger charge is -2.26. The summed E-state index contributed by atoms with van der Waals surface area (Å²) >= 11 is 1.39. The number of hydrogen-bond donors (Lipinski definition) is 1. The first kappa shape index (κ1) is 12.4. The van der Waals surface area contributed by atoms with Gasteiger partial charge in [0.05, 0.1) is 5.00 Å². The first-order valence-electron chi connectivity index (χ1n) is 6.18. The Balaban J connectivity index is 2.12. The number of carboxylic acid groups (broad SMARTS) is 1. The molecule has 0 aromatic carbocycles. The first-order valence-corrected chi connectivity index (χ1v) is 7.00. The molecular weight excluding hydrogens is 234 g/mol.